The summed E-state index contributed by atoms with van der Waals surface area (Å²) in [4.78, 5) is 12.4. The van der Waals surface area contributed by atoms with Crippen LogP contribution in [0.2, 0.25) is 10.0 Å². The van der Waals surface area contributed by atoms with E-state index in [9.17, 15) is 4.79 Å². The molecule has 0 N–H and O–H groups in total. The predicted molar refractivity (Wildman–Crippen MR) is 86.7 cm³/mol. The van der Waals surface area contributed by atoms with Gasteiger partial charge in [-0.05, 0) is 63.2 Å². The third kappa shape index (κ3) is 4.23. The third-order valence-corrected chi connectivity index (χ3v) is 3.26. The second-order valence-electron chi connectivity index (χ2n) is 5.69. The van der Waals surface area contributed by atoms with Crippen LogP contribution in [0, 0.1) is 0 Å². The zero-order chi connectivity index (χ0) is 15.6. The minimum atomic E-state index is -0.273. The first-order valence-electron chi connectivity index (χ1n) is 6.55. The van der Waals surface area contributed by atoms with Crippen LogP contribution in [0.1, 0.15) is 36.7 Å². The van der Waals surface area contributed by atoms with E-state index < -0.39 is 0 Å². The molecule has 0 aliphatic rings. The highest BCUT2D eigenvalue weighted by Crippen LogP contribution is 2.25. The zero-order valence-electron chi connectivity index (χ0n) is 12.1. The maximum atomic E-state index is 12.4. The first-order valence-corrected chi connectivity index (χ1v) is 7.31. The van der Waals surface area contributed by atoms with Crippen LogP contribution in [0.4, 0.5) is 0 Å². The SMILES string of the molecule is CC(C)(C)Oc1ccc(C(=O)c2ccc(Cl)cc2Cl)cc1. The summed E-state index contributed by atoms with van der Waals surface area (Å²) in [5, 5.41) is 0.855. The molecular formula is C17H16Cl2O2. The average Bonchev–Trinajstić information content (AvgIpc) is 2.37. The summed E-state index contributed by atoms with van der Waals surface area (Å²) >= 11 is 11.9. The van der Waals surface area contributed by atoms with Crippen molar-refractivity contribution in [2.24, 2.45) is 0 Å². The molecule has 0 fully saturated rings. The Balaban J connectivity index is 2.24. The third-order valence-electron chi connectivity index (χ3n) is 2.72. The van der Waals surface area contributed by atoms with Crippen molar-refractivity contribution in [2.75, 3.05) is 0 Å². The highest BCUT2D eigenvalue weighted by Gasteiger charge is 2.15. The fourth-order valence-corrected chi connectivity index (χ4v) is 2.35. The van der Waals surface area contributed by atoms with Gasteiger partial charge in [0.15, 0.2) is 5.78 Å². The number of hydrogen-bond acceptors (Lipinski definition) is 2. The number of carbonyl (C=O) groups is 1. The Morgan fingerprint density at radius 1 is 1.00 bits per heavy atom. The number of ketones is 1. The Hall–Kier alpha value is -1.51. The second kappa shape index (κ2) is 6.08. The minimum Gasteiger partial charge on any atom is -0.488 e. The van der Waals surface area contributed by atoms with Gasteiger partial charge in [-0.25, -0.2) is 0 Å². The maximum Gasteiger partial charge on any atom is 0.194 e. The smallest absolute Gasteiger partial charge is 0.194 e. The van der Waals surface area contributed by atoms with Crippen LogP contribution in [0.5, 0.6) is 5.75 Å². The Morgan fingerprint density at radius 3 is 2.14 bits per heavy atom. The molecule has 0 bridgehead atoms. The Kier molecular flexibility index (Phi) is 4.60. The summed E-state index contributed by atoms with van der Waals surface area (Å²) in [5.41, 5.74) is 0.719. The second-order valence-corrected chi connectivity index (χ2v) is 6.54. The minimum absolute atomic E-state index is 0.140. The van der Waals surface area contributed by atoms with E-state index in [1.807, 2.05) is 20.8 Å². The van der Waals surface area contributed by atoms with Crippen molar-refractivity contribution >= 4 is 29.0 Å². The zero-order valence-corrected chi connectivity index (χ0v) is 13.6. The largest absolute Gasteiger partial charge is 0.488 e. The molecule has 2 nitrogen and oxygen atoms in total. The molecule has 2 aromatic rings. The lowest BCUT2D eigenvalue weighted by Crippen LogP contribution is -2.22. The van der Waals surface area contributed by atoms with Crippen LogP contribution in [0.25, 0.3) is 0 Å². The van der Waals surface area contributed by atoms with Crippen molar-refractivity contribution in [1.82, 2.24) is 0 Å². The lowest BCUT2D eigenvalue weighted by molar-refractivity contribution is 0.103. The number of benzene rings is 2. The average molecular weight is 323 g/mol. The van der Waals surface area contributed by atoms with Crippen molar-refractivity contribution in [3.63, 3.8) is 0 Å². The van der Waals surface area contributed by atoms with Crippen LogP contribution in [-0.2, 0) is 0 Å². The number of halogens is 2. The molecule has 0 heterocycles. The molecule has 21 heavy (non-hydrogen) atoms. The van der Waals surface area contributed by atoms with Gasteiger partial charge in [0, 0.05) is 16.1 Å². The summed E-state index contributed by atoms with van der Waals surface area (Å²) in [6.07, 6.45) is 0. The van der Waals surface area contributed by atoms with Crippen molar-refractivity contribution in [3.05, 3.63) is 63.6 Å². The highest BCUT2D eigenvalue weighted by molar-refractivity contribution is 6.37. The van der Waals surface area contributed by atoms with Crippen LogP contribution in [0.3, 0.4) is 0 Å². The van der Waals surface area contributed by atoms with Crippen LogP contribution < -0.4 is 4.74 Å². The molecule has 4 heteroatoms. The number of rotatable bonds is 3. The van der Waals surface area contributed by atoms with E-state index in [1.165, 1.54) is 0 Å². The van der Waals surface area contributed by atoms with Crippen LogP contribution in [0.15, 0.2) is 42.5 Å². The predicted octanol–water partition coefficient (Wildman–Crippen LogP) is 5.40. The van der Waals surface area contributed by atoms with Gasteiger partial charge in [0.05, 0.1) is 5.02 Å². The van der Waals surface area contributed by atoms with Crippen LogP contribution >= 0.6 is 23.2 Å². The van der Waals surface area contributed by atoms with E-state index in [-0.39, 0.29) is 11.4 Å². The first-order chi connectivity index (χ1) is 9.76. The van der Waals surface area contributed by atoms with E-state index in [0.717, 1.165) is 5.75 Å². The molecular weight excluding hydrogens is 307 g/mol. The van der Waals surface area contributed by atoms with E-state index in [4.69, 9.17) is 27.9 Å². The van der Waals surface area contributed by atoms with Crippen molar-refractivity contribution in [2.45, 2.75) is 26.4 Å². The van der Waals surface area contributed by atoms with Gasteiger partial charge in [-0.1, -0.05) is 23.2 Å². The van der Waals surface area contributed by atoms with Gasteiger partial charge in [0.2, 0.25) is 0 Å². The molecule has 0 aliphatic heterocycles. The normalized spacial score (nSPS) is 11.3. The molecule has 2 aromatic carbocycles. The monoisotopic (exact) mass is 322 g/mol. The summed E-state index contributed by atoms with van der Waals surface area (Å²) in [7, 11) is 0. The molecule has 0 radical (unpaired) electrons. The fraction of sp³-hybridized carbons (Fsp3) is 0.235. The van der Waals surface area contributed by atoms with E-state index >= 15 is 0 Å². The van der Waals surface area contributed by atoms with Gasteiger partial charge in [0.1, 0.15) is 11.4 Å². The molecule has 0 spiro atoms. The fourth-order valence-electron chi connectivity index (χ4n) is 1.86. The molecule has 0 saturated heterocycles. The summed E-state index contributed by atoms with van der Waals surface area (Å²) in [5.74, 6) is 0.584. The number of ether oxygens (including phenoxy) is 1. The van der Waals surface area contributed by atoms with E-state index in [0.29, 0.717) is 21.2 Å². The van der Waals surface area contributed by atoms with Crippen molar-refractivity contribution in [3.8, 4) is 5.75 Å². The molecule has 110 valence electrons. The van der Waals surface area contributed by atoms with Gasteiger partial charge in [-0.3, -0.25) is 4.79 Å². The lowest BCUT2D eigenvalue weighted by atomic mass is 10.0. The van der Waals surface area contributed by atoms with Gasteiger partial charge >= 0.3 is 0 Å². The Morgan fingerprint density at radius 2 is 1.62 bits per heavy atom. The van der Waals surface area contributed by atoms with E-state index in [2.05, 4.69) is 0 Å². The molecule has 0 atom stereocenters. The molecule has 0 aromatic heterocycles. The summed E-state index contributed by atoms with van der Waals surface area (Å²) in [6.45, 7) is 5.92. The van der Waals surface area contributed by atoms with Crippen molar-refractivity contribution in [1.29, 1.82) is 0 Å². The number of carbonyl (C=O) groups excluding carboxylic acids is 1. The summed E-state index contributed by atoms with van der Waals surface area (Å²) < 4.78 is 5.73. The maximum absolute atomic E-state index is 12.4. The molecule has 0 aliphatic carbocycles. The standard InChI is InChI=1S/C17H16Cl2O2/c1-17(2,3)21-13-7-4-11(5-8-13)16(20)14-9-6-12(18)10-15(14)19/h4-10H,1-3H3. The Labute approximate surface area is 134 Å². The van der Waals surface area contributed by atoms with Gasteiger partial charge < -0.3 is 4.74 Å². The highest BCUT2D eigenvalue weighted by atomic mass is 35.5. The summed E-state index contributed by atoms with van der Waals surface area (Å²) in [6, 6.07) is 11.9. The first kappa shape index (κ1) is 15.9. The number of hydrogen-bond donors (Lipinski definition) is 0. The van der Waals surface area contributed by atoms with Gasteiger partial charge in [-0.15, -0.1) is 0 Å². The quantitative estimate of drug-likeness (QED) is 0.707. The topological polar surface area (TPSA) is 26.3 Å². The Bertz CT molecular complexity index is 655. The van der Waals surface area contributed by atoms with Crippen molar-refractivity contribution < 1.29 is 9.53 Å². The van der Waals surface area contributed by atoms with Crippen LogP contribution in [-0.4, -0.2) is 11.4 Å². The molecule has 0 saturated carbocycles. The molecule has 0 unspecified atom stereocenters. The molecule has 0 amide bonds. The lowest BCUT2D eigenvalue weighted by Gasteiger charge is -2.21. The van der Waals surface area contributed by atoms with E-state index in [1.54, 1.807) is 42.5 Å². The van der Waals surface area contributed by atoms with Gasteiger partial charge in [0.25, 0.3) is 0 Å². The molecule has 2 rings (SSSR count). The van der Waals surface area contributed by atoms with Gasteiger partial charge in [-0.2, -0.15) is 0 Å².